The molecule has 0 aliphatic rings. The van der Waals surface area contributed by atoms with E-state index in [9.17, 15) is 0 Å². The van der Waals surface area contributed by atoms with E-state index < -0.39 is 0 Å². The molecule has 0 atom stereocenters. The summed E-state index contributed by atoms with van der Waals surface area (Å²) in [6, 6.07) is 16.4. The van der Waals surface area contributed by atoms with E-state index in [0.717, 1.165) is 5.56 Å². The van der Waals surface area contributed by atoms with Crippen LogP contribution in [0.5, 0.6) is 5.75 Å². The largest absolute Gasteiger partial charge is 0.493 e. The molecule has 0 unspecified atom stereocenters. The molecule has 3 aromatic rings. The minimum atomic E-state index is 0.433. The molecule has 0 spiro atoms. The van der Waals surface area contributed by atoms with E-state index in [-0.39, 0.29) is 0 Å². The lowest BCUT2D eigenvalue weighted by molar-refractivity contribution is 0.343. The molecule has 0 radical (unpaired) electrons. The molecule has 0 saturated carbocycles. The van der Waals surface area contributed by atoms with Gasteiger partial charge in [0, 0.05) is 16.3 Å². The number of benzene rings is 2. The SMILES string of the molecule is N#Cc1cccc(OCCSc2nnc(-c3cccc(Cl)c3)o2)c1. The van der Waals surface area contributed by atoms with E-state index in [4.69, 9.17) is 26.0 Å². The number of aromatic nitrogens is 2. The maximum absolute atomic E-state index is 8.85. The van der Waals surface area contributed by atoms with Crippen molar-refractivity contribution in [1.82, 2.24) is 10.2 Å². The summed E-state index contributed by atoms with van der Waals surface area (Å²) in [4.78, 5) is 0. The Morgan fingerprint density at radius 2 is 2.04 bits per heavy atom. The Morgan fingerprint density at radius 1 is 1.17 bits per heavy atom. The molecule has 24 heavy (non-hydrogen) atoms. The number of ether oxygens (including phenoxy) is 1. The van der Waals surface area contributed by atoms with Crippen molar-refractivity contribution < 1.29 is 9.15 Å². The lowest BCUT2D eigenvalue weighted by atomic mass is 10.2. The molecule has 3 rings (SSSR count). The molecular formula is C17H12ClN3O2S. The maximum Gasteiger partial charge on any atom is 0.276 e. The van der Waals surface area contributed by atoms with Gasteiger partial charge in [-0.05, 0) is 36.4 Å². The molecule has 120 valence electrons. The minimum absolute atomic E-state index is 0.433. The van der Waals surface area contributed by atoms with Crippen LogP contribution in [-0.2, 0) is 0 Å². The van der Waals surface area contributed by atoms with Gasteiger partial charge in [-0.3, -0.25) is 0 Å². The normalized spacial score (nSPS) is 10.3. The number of nitriles is 1. The first-order valence-electron chi connectivity index (χ1n) is 7.10. The summed E-state index contributed by atoms with van der Waals surface area (Å²) >= 11 is 7.36. The molecule has 1 heterocycles. The summed E-state index contributed by atoms with van der Waals surface area (Å²) in [6.45, 7) is 0.467. The van der Waals surface area contributed by atoms with E-state index in [1.54, 1.807) is 30.3 Å². The van der Waals surface area contributed by atoms with Gasteiger partial charge in [0.05, 0.1) is 18.2 Å². The van der Waals surface area contributed by atoms with Crippen molar-refractivity contribution in [3.05, 3.63) is 59.1 Å². The summed E-state index contributed by atoms with van der Waals surface area (Å²) in [5.41, 5.74) is 1.36. The van der Waals surface area contributed by atoms with Gasteiger partial charge in [-0.25, -0.2) is 0 Å². The fourth-order valence-electron chi connectivity index (χ4n) is 1.95. The highest BCUT2D eigenvalue weighted by Gasteiger charge is 2.09. The van der Waals surface area contributed by atoms with Gasteiger partial charge in [-0.2, -0.15) is 5.26 Å². The molecule has 0 bridgehead atoms. The van der Waals surface area contributed by atoms with Gasteiger partial charge in [0.25, 0.3) is 5.22 Å². The first-order valence-corrected chi connectivity index (χ1v) is 8.46. The zero-order valence-electron chi connectivity index (χ0n) is 12.5. The van der Waals surface area contributed by atoms with Crippen LogP contribution >= 0.6 is 23.4 Å². The number of halogens is 1. The standard InChI is InChI=1S/C17H12ClN3O2S/c18-14-5-2-4-13(10-14)16-20-21-17(23-16)24-8-7-22-15-6-1-3-12(9-15)11-19/h1-6,9-10H,7-8H2. The molecule has 0 amide bonds. The molecule has 0 fully saturated rings. The van der Waals surface area contributed by atoms with E-state index in [2.05, 4.69) is 16.3 Å². The van der Waals surface area contributed by atoms with Crippen molar-refractivity contribution in [2.75, 3.05) is 12.4 Å². The zero-order chi connectivity index (χ0) is 16.8. The van der Waals surface area contributed by atoms with Crippen LogP contribution in [0.4, 0.5) is 0 Å². The molecule has 5 nitrogen and oxygen atoms in total. The summed E-state index contributed by atoms with van der Waals surface area (Å²) in [5.74, 6) is 1.75. The van der Waals surface area contributed by atoms with Gasteiger partial charge < -0.3 is 9.15 Å². The van der Waals surface area contributed by atoms with Crippen LogP contribution in [0.1, 0.15) is 5.56 Å². The van der Waals surface area contributed by atoms with E-state index in [1.165, 1.54) is 11.8 Å². The topological polar surface area (TPSA) is 71.9 Å². The minimum Gasteiger partial charge on any atom is -0.493 e. The zero-order valence-corrected chi connectivity index (χ0v) is 14.0. The van der Waals surface area contributed by atoms with Crippen molar-refractivity contribution in [3.8, 4) is 23.3 Å². The van der Waals surface area contributed by atoms with Crippen molar-refractivity contribution >= 4 is 23.4 Å². The molecule has 0 saturated heterocycles. The van der Waals surface area contributed by atoms with Gasteiger partial charge in [-0.15, -0.1) is 10.2 Å². The number of nitrogens with zero attached hydrogens (tertiary/aromatic N) is 3. The Morgan fingerprint density at radius 3 is 2.88 bits per heavy atom. The third-order valence-corrected chi connectivity index (χ3v) is 4.04. The first-order chi connectivity index (χ1) is 11.7. The summed E-state index contributed by atoms with van der Waals surface area (Å²) in [6.07, 6.45) is 0. The highest BCUT2D eigenvalue weighted by Crippen LogP contribution is 2.25. The highest BCUT2D eigenvalue weighted by molar-refractivity contribution is 7.99. The van der Waals surface area contributed by atoms with Crippen LogP contribution in [0.15, 0.2) is 58.2 Å². The lowest BCUT2D eigenvalue weighted by Crippen LogP contribution is -2.00. The first kappa shape index (κ1) is 16.4. The molecule has 0 N–H and O–H groups in total. The predicted octanol–water partition coefficient (Wildman–Crippen LogP) is 4.43. The summed E-state index contributed by atoms with van der Waals surface area (Å²) in [5, 5.41) is 18.0. The van der Waals surface area contributed by atoms with Crippen LogP contribution in [0.25, 0.3) is 11.5 Å². The van der Waals surface area contributed by atoms with Crippen molar-refractivity contribution in [3.63, 3.8) is 0 Å². The Labute approximate surface area is 148 Å². The van der Waals surface area contributed by atoms with Gasteiger partial charge >= 0.3 is 0 Å². The van der Waals surface area contributed by atoms with Crippen LogP contribution in [0, 0.1) is 11.3 Å². The van der Waals surface area contributed by atoms with Crippen LogP contribution < -0.4 is 4.74 Å². The predicted molar refractivity (Wildman–Crippen MR) is 92.1 cm³/mol. The molecule has 0 aliphatic heterocycles. The van der Waals surface area contributed by atoms with Crippen LogP contribution in [-0.4, -0.2) is 22.6 Å². The van der Waals surface area contributed by atoms with Gasteiger partial charge in [0.2, 0.25) is 5.89 Å². The number of thioether (sulfide) groups is 1. The van der Waals surface area contributed by atoms with Crippen molar-refractivity contribution in [1.29, 1.82) is 5.26 Å². The van der Waals surface area contributed by atoms with Crippen molar-refractivity contribution in [2.45, 2.75) is 5.22 Å². The van der Waals surface area contributed by atoms with Gasteiger partial charge in [-0.1, -0.05) is 35.5 Å². The Hall–Kier alpha value is -2.49. The second-order valence-electron chi connectivity index (χ2n) is 4.72. The van der Waals surface area contributed by atoms with E-state index in [0.29, 0.717) is 39.8 Å². The fourth-order valence-corrected chi connectivity index (χ4v) is 2.72. The Balaban J connectivity index is 1.52. The number of rotatable bonds is 6. The van der Waals surface area contributed by atoms with Gasteiger partial charge in [0.15, 0.2) is 0 Å². The number of hydrogen-bond acceptors (Lipinski definition) is 6. The van der Waals surface area contributed by atoms with Crippen molar-refractivity contribution in [2.24, 2.45) is 0 Å². The molecule has 1 aromatic heterocycles. The van der Waals surface area contributed by atoms with Crippen LogP contribution in [0.2, 0.25) is 5.02 Å². The Bertz CT molecular complexity index is 876. The fraction of sp³-hybridized carbons (Fsp3) is 0.118. The van der Waals surface area contributed by atoms with E-state index >= 15 is 0 Å². The van der Waals surface area contributed by atoms with Crippen LogP contribution in [0.3, 0.4) is 0 Å². The summed E-state index contributed by atoms with van der Waals surface area (Å²) in [7, 11) is 0. The second kappa shape index (κ2) is 7.86. The second-order valence-corrected chi connectivity index (χ2v) is 6.20. The summed E-state index contributed by atoms with van der Waals surface area (Å²) < 4.78 is 11.2. The highest BCUT2D eigenvalue weighted by atomic mass is 35.5. The third kappa shape index (κ3) is 4.28. The average Bonchev–Trinajstić information content (AvgIpc) is 3.08. The average molecular weight is 358 g/mol. The monoisotopic (exact) mass is 357 g/mol. The third-order valence-electron chi connectivity index (χ3n) is 3.02. The Kier molecular flexibility index (Phi) is 5.36. The van der Waals surface area contributed by atoms with E-state index in [1.807, 2.05) is 18.2 Å². The quantitative estimate of drug-likeness (QED) is 0.480. The smallest absolute Gasteiger partial charge is 0.276 e. The molecule has 0 aliphatic carbocycles. The maximum atomic E-state index is 8.85. The molecular weight excluding hydrogens is 346 g/mol. The molecule has 2 aromatic carbocycles. The van der Waals surface area contributed by atoms with Gasteiger partial charge in [0.1, 0.15) is 5.75 Å². The lowest BCUT2D eigenvalue weighted by Gasteiger charge is -2.04. The number of hydrogen-bond donors (Lipinski definition) is 0. The molecule has 7 heteroatoms.